The quantitative estimate of drug-likeness (QED) is 0.255. The van der Waals surface area contributed by atoms with Gasteiger partial charge in [-0.25, -0.2) is 4.57 Å². The van der Waals surface area contributed by atoms with Crippen LogP contribution in [0.2, 0.25) is 0 Å². The van der Waals surface area contributed by atoms with E-state index >= 15 is 0 Å². The molecule has 3 nitrogen and oxygen atoms in total. The predicted octanol–water partition coefficient (Wildman–Crippen LogP) is 7.74. The van der Waals surface area contributed by atoms with E-state index in [1.54, 1.807) is 12.1 Å². The van der Waals surface area contributed by atoms with Crippen molar-refractivity contribution in [1.82, 2.24) is 0 Å². The molecule has 0 spiro atoms. The highest BCUT2D eigenvalue weighted by Crippen LogP contribution is 2.43. The number of furan rings is 1. The SMILES string of the molecule is [2H]c1c([2H])c([2H])c(-c2cc(C#N)cc3c2oc2c(-c4cc(CC(C)C)c(C)c[n+]4C)c(C)cc(C)c23)c([2H])c1[2H]. The normalized spacial score (nSPS) is 13.5. The molecule has 5 rings (SSSR count). The summed E-state index contributed by atoms with van der Waals surface area (Å²) in [5, 5.41) is 11.4. The van der Waals surface area contributed by atoms with Gasteiger partial charge in [0.15, 0.2) is 6.20 Å². The first kappa shape index (κ1) is 17.5. The lowest BCUT2D eigenvalue weighted by molar-refractivity contribution is -0.660. The molecule has 0 fully saturated rings. The Balaban J connectivity index is 1.95. The Morgan fingerprint density at radius 3 is 2.40 bits per heavy atom. The molecule has 0 unspecified atom stereocenters. The van der Waals surface area contributed by atoms with Crippen molar-refractivity contribution < 1.29 is 15.8 Å². The fourth-order valence-electron chi connectivity index (χ4n) is 5.10. The number of hydrogen-bond acceptors (Lipinski definition) is 2. The number of aryl methyl sites for hydroxylation is 4. The molecule has 0 amide bonds. The second-order valence-corrected chi connectivity index (χ2v) is 9.78. The van der Waals surface area contributed by atoms with Crippen molar-refractivity contribution in [2.24, 2.45) is 13.0 Å². The van der Waals surface area contributed by atoms with Gasteiger partial charge in [-0.3, -0.25) is 0 Å². The summed E-state index contributed by atoms with van der Waals surface area (Å²) >= 11 is 0. The van der Waals surface area contributed by atoms with Gasteiger partial charge in [-0.2, -0.15) is 5.26 Å². The van der Waals surface area contributed by atoms with E-state index in [-0.39, 0.29) is 17.6 Å². The highest BCUT2D eigenvalue weighted by molar-refractivity contribution is 6.15. The third-order valence-electron chi connectivity index (χ3n) is 6.61. The van der Waals surface area contributed by atoms with Gasteiger partial charge >= 0.3 is 0 Å². The number of nitriles is 1. The Morgan fingerprint density at radius 2 is 1.71 bits per heavy atom. The smallest absolute Gasteiger partial charge is 0.216 e. The number of hydrogen-bond donors (Lipinski definition) is 0. The lowest BCUT2D eigenvalue weighted by atomic mass is 9.93. The summed E-state index contributed by atoms with van der Waals surface area (Å²) in [6, 6.07) is 7.82. The van der Waals surface area contributed by atoms with Crippen LogP contribution in [0.5, 0.6) is 0 Å². The van der Waals surface area contributed by atoms with Crippen LogP contribution < -0.4 is 4.57 Å². The molecule has 2 aromatic heterocycles. The first-order chi connectivity index (χ1) is 18.8. The Bertz CT molecular complexity index is 1890. The monoisotopic (exact) mass is 464 g/mol. The Kier molecular flexibility index (Phi) is 4.36. The van der Waals surface area contributed by atoms with Gasteiger partial charge in [0.1, 0.15) is 18.2 Å². The summed E-state index contributed by atoms with van der Waals surface area (Å²) in [7, 11) is 2.02. The molecule has 0 saturated heterocycles. The summed E-state index contributed by atoms with van der Waals surface area (Å²) < 4.78 is 50.4. The van der Waals surface area contributed by atoms with Crippen LogP contribution in [-0.2, 0) is 13.5 Å². The van der Waals surface area contributed by atoms with Gasteiger partial charge in [0.05, 0.1) is 24.0 Å². The van der Waals surface area contributed by atoms with Gasteiger partial charge in [0.25, 0.3) is 0 Å². The number of benzene rings is 3. The van der Waals surface area contributed by atoms with Gasteiger partial charge in [-0.15, -0.1) is 0 Å². The zero-order valence-electron chi connectivity index (χ0n) is 26.0. The van der Waals surface area contributed by atoms with Crippen LogP contribution >= 0.6 is 0 Å². The van der Waals surface area contributed by atoms with E-state index in [4.69, 9.17) is 11.3 Å². The molecule has 3 aromatic carbocycles. The van der Waals surface area contributed by atoms with Crippen molar-refractivity contribution in [3.8, 4) is 28.5 Å². The average Bonchev–Trinajstić information content (AvgIpc) is 3.28. The number of rotatable bonds is 4. The van der Waals surface area contributed by atoms with Gasteiger partial charge < -0.3 is 4.42 Å². The van der Waals surface area contributed by atoms with E-state index in [1.807, 2.05) is 20.9 Å². The van der Waals surface area contributed by atoms with E-state index in [0.29, 0.717) is 33.6 Å². The summed E-state index contributed by atoms with van der Waals surface area (Å²) in [5.41, 5.74) is 8.07. The minimum atomic E-state index is -0.464. The van der Waals surface area contributed by atoms with Crippen LogP contribution in [0.25, 0.3) is 44.3 Å². The minimum absolute atomic E-state index is 0.0168. The van der Waals surface area contributed by atoms with E-state index in [0.717, 1.165) is 34.2 Å². The van der Waals surface area contributed by atoms with Gasteiger partial charge in [0.2, 0.25) is 5.69 Å². The molecule has 0 aliphatic rings. The molecule has 0 bridgehead atoms. The van der Waals surface area contributed by atoms with Crippen molar-refractivity contribution in [1.29, 1.82) is 5.26 Å². The zero-order chi connectivity index (χ0) is 29.2. The van der Waals surface area contributed by atoms with Crippen molar-refractivity contribution in [2.75, 3.05) is 0 Å². The summed E-state index contributed by atoms with van der Waals surface area (Å²) in [4.78, 5) is 0. The minimum Gasteiger partial charge on any atom is -0.454 e. The van der Waals surface area contributed by atoms with Gasteiger partial charge in [-0.05, 0) is 67.5 Å². The van der Waals surface area contributed by atoms with Gasteiger partial charge in [-0.1, -0.05) is 50.1 Å². The van der Waals surface area contributed by atoms with Crippen molar-refractivity contribution in [2.45, 2.75) is 41.0 Å². The lowest BCUT2D eigenvalue weighted by Crippen LogP contribution is -2.32. The number of aromatic nitrogens is 1. The van der Waals surface area contributed by atoms with Crippen LogP contribution in [0, 0.1) is 38.0 Å². The second kappa shape index (κ2) is 8.71. The largest absolute Gasteiger partial charge is 0.454 e. The third kappa shape index (κ3) is 3.90. The molecule has 5 aromatic rings. The van der Waals surface area contributed by atoms with E-state index < -0.39 is 18.1 Å². The van der Waals surface area contributed by atoms with Crippen LogP contribution in [0.4, 0.5) is 0 Å². The summed E-state index contributed by atoms with van der Waals surface area (Å²) in [6.45, 7) is 10.6. The van der Waals surface area contributed by atoms with Crippen molar-refractivity contribution in [3.63, 3.8) is 0 Å². The maximum atomic E-state index is 9.90. The highest BCUT2D eigenvalue weighted by Gasteiger charge is 2.25. The number of nitrogens with zero attached hydrogens (tertiary/aromatic N) is 2. The summed E-state index contributed by atoms with van der Waals surface area (Å²) in [5.74, 6) is 0.494. The van der Waals surface area contributed by atoms with Crippen LogP contribution in [0.3, 0.4) is 0 Å². The highest BCUT2D eigenvalue weighted by atomic mass is 16.3. The van der Waals surface area contributed by atoms with Crippen molar-refractivity contribution >= 4 is 21.9 Å². The first-order valence-corrected chi connectivity index (χ1v) is 11.8. The number of fused-ring (bicyclic) bond motifs is 3. The van der Waals surface area contributed by atoms with Gasteiger partial charge in [0, 0.05) is 28.0 Å². The molecular weight excluding hydrogens is 428 g/mol. The fourth-order valence-corrected chi connectivity index (χ4v) is 5.10. The van der Waals surface area contributed by atoms with Crippen LogP contribution in [0.15, 0.2) is 65.1 Å². The Hall–Kier alpha value is -3.90. The molecule has 0 N–H and O–H groups in total. The van der Waals surface area contributed by atoms with Crippen LogP contribution in [-0.4, -0.2) is 0 Å². The lowest BCUT2D eigenvalue weighted by Gasteiger charge is -2.12. The second-order valence-electron chi connectivity index (χ2n) is 9.78. The Morgan fingerprint density at radius 1 is 0.971 bits per heavy atom. The maximum Gasteiger partial charge on any atom is 0.216 e. The molecule has 0 radical (unpaired) electrons. The molecule has 174 valence electrons. The van der Waals surface area contributed by atoms with E-state index in [2.05, 4.69) is 49.7 Å². The predicted molar refractivity (Wildman–Crippen MR) is 143 cm³/mol. The molecule has 0 atom stereocenters. The molecule has 35 heavy (non-hydrogen) atoms. The first-order valence-electron chi connectivity index (χ1n) is 14.3. The zero-order valence-corrected chi connectivity index (χ0v) is 21.0. The molecule has 2 heterocycles. The molecule has 0 aliphatic carbocycles. The van der Waals surface area contributed by atoms with Crippen molar-refractivity contribution in [3.05, 3.63) is 88.5 Å². The molecular formula is C32H31N2O+. The topological polar surface area (TPSA) is 40.8 Å². The average molecular weight is 465 g/mol. The molecule has 0 saturated carbocycles. The van der Waals surface area contributed by atoms with E-state index in [1.165, 1.54) is 11.1 Å². The molecule has 3 heteroatoms. The van der Waals surface area contributed by atoms with E-state index in [9.17, 15) is 5.26 Å². The Labute approximate surface area is 214 Å². The fraction of sp³-hybridized carbons (Fsp3) is 0.250. The maximum absolute atomic E-state index is 9.90. The summed E-state index contributed by atoms with van der Waals surface area (Å²) in [6.07, 6.45) is 3.08. The van der Waals surface area contributed by atoms with Crippen LogP contribution in [0.1, 0.15) is 48.5 Å². The standard InChI is InChI=1S/C32H31N2O/c1-19(2)12-25-16-28(34(6)18-22(25)5)30-21(4)13-20(3)29-27-15-23(17-33)14-26(31(27)35-32(29)30)24-10-8-7-9-11-24/h7-11,13-16,18-19H,12H2,1-6H3/q+1/i7D,8D,9D,10D,11D. The third-order valence-corrected chi connectivity index (χ3v) is 6.61. The molecule has 0 aliphatic heterocycles. The number of pyridine rings is 1.